The van der Waals surface area contributed by atoms with Crippen LogP contribution in [-0.2, 0) is 4.79 Å². The summed E-state index contributed by atoms with van der Waals surface area (Å²) in [5.74, 6) is 0.216. The Bertz CT molecular complexity index is 905. The maximum Gasteiger partial charge on any atom is 0.234 e. The molecule has 3 aromatic rings. The third-order valence-electron chi connectivity index (χ3n) is 3.64. The molecule has 0 bridgehead atoms. The van der Waals surface area contributed by atoms with Crippen molar-refractivity contribution in [1.82, 2.24) is 0 Å². The highest BCUT2D eigenvalue weighted by Gasteiger charge is 2.06. The summed E-state index contributed by atoms with van der Waals surface area (Å²) >= 11 is 1.49. The van der Waals surface area contributed by atoms with E-state index in [4.69, 9.17) is 0 Å². The topological polar surface area (TPSA) is 46.2 Å². The summed E-state index contributed by atoms with van der Waals surface area (Å²) in [7, 11) is 0. The van der Waals surface area contributed by atoms with Gasteiger partial charge in [-0.1, -0.05) is 42.5 Å². The number of nitrogens with one attached hydrogen (secondary N) is 1. The zero-order valence-corrected chi connectivity index (χ0v) is 14.1. The number of amides is 1. The summed E-state index contributed by atoms with van der Waals surface area (Å²) in [5, 5.41) is 5.18. The predicted molar refractivity (Wildman–Crippen MR) is 99.7 cm³/mol. The largest absolute Gasteiger partial charge is 0.325 e. The molecule has 1 N–H and O–H groups in total. The Kier molecular flexibility index (Phi) is 4.96. The highest BCUT2D eigenvalue weighted by molar-refractivity contribution is 8.00. The lowest BCUT2D eigenvalue weighted by molar-refractivity contribution is -0.113. The molecule has 0 aliphatic carbocycles. The number of thioether (sulfide) groups is 1. The summed E-state index contributed by atoms with van der Waals surface area (Å²) in [6.45, 7) is 1.51. The molecule has 0 aliphatic rings. The maximum atomic E-state index is 12.1. The number of carbonyl (C=O) groups excluding carboxylic acids is 2. The monoisotopic (exact) mass is 335 g/mol. The molecule has 0 aromatic heterocycles. The van der Waals surface area contributed by atoms with Crippen LogP contribution in [0.4, 0.5) is 5.69 Å². The molecule has 3 aromatic carbocycles. The van der Waals surface area contributed by atoms with E-state index in [0.29, 0.717) is 17.0 Å². The van der Waals surface area contributed by atoms with Gasteiger partial charge in [-0.05, 0) is 42.0 Å². The number of anilines is 1. The van der Waals surface area contributed by atoms with Crippen molar-refractivity contribution >= 4 is 39.9 Å². The van der Waals surface area contributed by atoms with Gasteiger partial charge in [0.05, 0.1) is 5.75 Å². The number of carbonyl (C=O) groups is 2. The number of ketones is 1. The smallest absolute Gasteiger partial charge is 0.234 e. The summed E-state index contributed by atoms with van der Waals surface area (Å²) in [6.07, 6.45) is 0. The molecule has 0 unspecified atom stereocenters. The lowest BCUT2D eigenvalue weighted by atomic mass is 10.1. The van der Waals surface area contributed by atoms with Crippen LogP contribution in [0.3, 0.4) is 0 Å². The summed E-state index contributed by atoms with van der Waals surface area (Å²) < 4.78 is 0. The van der Waals surface area contributed by atoms with E-state index in [0.717, 1.165) is 10.3 Å². The number of hydrogen-bond acceptors (Lipinski definition) is 3. The second-order valence-corrected chi connectivity index (χ2v) is 6.53. The van der Waals surface area contributed by atoms with E-state index in [9.17, 15) is 9.59 Å². The van der Waals surface area contributed by atoms with E-state index in [1.54, 1.807) is 24.3 Å². The predicted octanol–water partition coefficient (Wildman–Crippen LogP) is 4.77. The molecule has 120 valence electrons. The van der Waals surface area contributed by atoms with Crippen molar-refractivity contribution in [2.24, 2.45) is 0 Å². The molecule has 0 spiro atoms. The van der Waals surface area contributed by atoms with Crippen LogP contribution < -0.4 is 5.32 Å². The molecule has 0 fully saturated rings. The molecule has 4 heteroatoms. The molecule has 1 amide bonds. The first-order valence-electron chi connectivity index (χ1n) is 7.64. The molecule has 3 nitrogen and oxygen atoms in total. The van der Waals surface area contributed by atoms with Gasteiger partial charge >= 0.3 is 0 Å². The van der Waals surface area contributed by atoms with Crippen LogP contribution in [0.25, 0.3) is 10.8 Å². The Morgan fingerprint density at radius 3 is 2.50 bits per heavy atom. The Balaban J connectivity index is 1.62. The van der Waals surface area contributed by atoms with Gasteiger partial charge in [0.25, 0.3) is 0 Å². The van der Waals surface area contributed by atoms with Crippen molar-refractivity contribution < 1.29 is 9.59 Å². The number of benzene rings is 3. The second kappa shape index (κ2) is 7.32. The van der Waals surface area contributed by atoms with E-state index in [1.165, 1.54) is 24.1 Å². The van der Waals surface area contributed by atoms with Gasteiger partial charge in [-0.2, -0.15) is 0 Å². The summed E-state index contributed by atoms with van der Waals surface area (Å²) in [6, 6.07) is 21.3. The molecule has 24 heavy (non-hydrogen) atoms. The van der Waals surface area contributed by atoms with Gasteiger partial charge in [0, 0.05) is 16.1 Å². The molecular weight excluding hydrogens is 318 g/mol. The van der Waals surface area contributed by atoms with Crippen molar-refractivity contribution in [3.8, 4) is 0 Å². The quantitative estimate of drug-likeness (QED) is 0.539. The maximum absolute atomic E-state index is 12.1. The Morgan fingerprint density at radius 1 is 0.917 bits per heavy atom. The summed E-state index contributed by atoms with van der Waals surface area (Å²) in [4.78, 5) is 24.6. The van der Waals surface area contributed by atoms with Crippen LogP contribution in [0, 0.1) is 0 Å². The molecule has 0 aliphatic heterocycles. The fourth-order valence-corrected chi connectivity index (χ4v) is 3.16. The van der Waals surface area contributed by atoms with Crippen LogP contribution >= 0.6 is 11.8 Å². The van der Waals surface area contributed by atoms with E-state index in [-0.39, 0.29) is 11.7 Å². The number of hydrogen-bond donors (Lipinski definition) is 1. The van der Waals surface area contributed by atoms with Crippen LogP contribution in [0.5, 0.6) is 0 Å². The third kappa shape index (κ3) is 4.03. The lowest BCUT2D eigenvalue weighted by Gasteiger charge is -2.07. The van der Waals surface area contributed by atoms with Crippen molar-refractivity contribution in [2.75, 3.05) is 11.1 Å². The van der Waals surface area contributed by atoms with Crippen LogP contribution in [0.15, 0.2) is 71.6 Å². The minimum atomic E-state index is -0.0890. The molecule has 3 rings (SSSR count). The van der Waals surface area contributed by atoms with Crippen molar-refractivity contribution in [1.29, 1.82) is 0 Å². The van der Waals surface area contributed by atoms with Gasteiger partial charge in [0.15, 0.2) is 5.78 Å². The SMILES string of the molecule is CC(=O)c1cccc(NC(=O)CSc2ccc3ccccc3c2)c1. The van der Waals surface area contributed by atoms with E-state index >= 15 is 0 Å². The normalized spacial score (nSPS) is 10.5. The zero-order valence-electron chi connectivity index (χ0n) is 13.3. The average molecular weight is 335 g/mol. The van der Waals surface area contributed by atoms with Crippen LogP contribution in [0.1, 0.15) is 17.3 Å². The molecule has 0 saturated carbocycles. The fourth-order valence-electron chi connectivity index (χ4n) is 2.42. The van der Waals surface area contributed by atoms with Gasteiger partial charge in [-0.25, -0.2) is 0 Å². The molecular formula is C20H17NO2S. The van der Waals surface area contributed by atoms with Crippen LogP contribution in [0.2, 0.25) is 0 Å². The van der Waals surface area contributed by atoms with E-state index in [1.807, 2.05) is 18.2 Å². The first-order chi connectivity index (χ1) is 11.6. The highest BCUT2D eigenvalue weighted by Crippen LogP contribution is 2.23. The highest BCUT2D eigenvalue weighted by atomic mass is 32.2. The van der Waals surface area contributed by atoms with Gasteiger partial charge in [0.2, 0.25) is 5.91 Å². The van der Waals surface area contributed by atoms with E-state index < -0.39 is 0 Å². The van der Waals surface area contributed by atoms with Crippen LogP contribution in [-0.4, -0.2) is 17.4 Å². The first-order valence-corrected chi connectivity index (χ1v) is 8.63. The van der Waals surface area contributed by atoms with E-state index in [2.05, 4.69) is 29.6 Å². The number of Topliss-reactive ketones (excluding diaryl/α,β-unsaturated/α-hetero) is 1. The van der Waals surface area contributed by atoms with Gasteiger partial charge < -0.3 is 5.32 Å². The molecule has 0 atom stereocenters. The second-order valence-electron chi connectivity index (χ2n) is 5.48. The van der Waals surface area contributed by atoms with Crippen molar-refractivity contribution in [3.63, 3.8) is 0 Å². The molecule has 0 radical (unpaired) electrons. The fraction of sp³-hybridized carbons (Fsp3) is 0.100. The Labute approximate surface area is 145 Å². The summed E-state index contributed by atoms with van der Waals surface area (Å²) in [5.41, 5.74) is 1.24. The lowest BCUT2D eigenvalue weighted by Crippen LogP contribution is -2.14. The molecule has 0 saturated heterocycles. The van der Waals surface area contributed by atoms with Gasteiger partial charge in [0.1, 0.15) is 0 Å². The zero-order chi connectivity index (χ0) is 16.9. The number of rotatable bonds is 5. The Hall–Kier alpha value is -2.59. The van der Waals surface area contributed by atoms with Gasteiger partial charge in [-0.15, -0.1) is 11.8 Å². The molecule has 0 heterocycles. The van der Waals surface area contributed by atoms with Gasteiger partial charge in [-0.3, -0.25) is 9.59 Å². The standard InChI is InChI=1S/C20H17NO2S/c1-14(22)16-7-4-8-18(11-16)21-20(23)13-24-19-10-9-15-5-2-3-6-17(15)12-19/h2-12H,13H2,1H3,(H,21,23). The first kappa shape index (κ1) is 16.3. The third-order valence-corrected chi connectivity index (χ3v) is 4.64. The Morgan fingerprint density at radius 2 is 1.71 bits per heavy atom. The minimum absolute atomic E-state index is 0.0170. The van der Waals surface area contributed by atoms with Crippen molar-refractivity contribution in [2.45, 2.75) is 11.8 Å². The number of fused-ring (bicyclic) bond motifs is 1. The van der Waals surface area contributed by atoms with Crippen molar-refractivity contribution in [3.05, 3.63) is 72.3 Å². The minimum Gasteiger partial charge on any atom is -0.325 e. The average Bonchev–Trinajstić information content (AvgIpc) is 2.60.